The molecule has 0 spiro atoms. The molecule has 2 saturated heterocycles. The number of esters is 2. The number of hydrogen-bond donors (Lipinski definition) is 0. The Hall–Kier alpha value is -1.26. The number of carbonyl (C=O) groups is 2. The molecule has 9 nitrogen and oxygen atoms in total. The first-order valence-corrected chi connectivity index (χ1v) is 8.48. The van der Waals surface area contributed by atoms with Crippen LogP contribution in [-0.2, 0) is 33.3 Å². The zero-order chi connectivity index (χ0) is 20.2. The van der Waals surface area contributed by atoms with Crippen LogP contribution in [0.3, 0.4) is 0 Å². The summed E-state index contributed by atoms with van der Waals surface area (Å²) in [5.41, 5.74) is -0.391. The number of nitrogens with zero attached hydrogens (tertiary/aromatic N) is 2. The van der Waals surface area contributed by atoms with Gasteiger partial charge in [-0.25, -0.2) is 9.59 Å². The highest BCUT2D eigenvalue weighted by atomic mass is 16.7. The van der Waals surface area contributed by atoms with E-state index in [-0.39, 0.29) is 24.0 Å². The molecule has 5 atom stereocenters. The summed E-state index contributed by atoms with van der Waals surface area (Å²) in [6, 6.07) is 0.0276. The Kier molecular flexibility index (Phi) is 7.97. The van der Waals surface area contributed by atoms with E-state index in [1.165, 1.54) is 21.3 Å². The molecule has 0 aromatic rings. The number of likely N-dealkylation sites (N-methyl/N-ethyl adjacent to an activating group) is 2. The van der Waals surface area contributed by atoms with Crippen LogP contribution in [-0.4, -0.2) is 93.6 Å². The molecule has 0 N–H and O–H groups in total. The van der Waals surface area contributed by atoms with Crippen LogP contribution in [0.1, 0.15) is 27.7 Å². The van der Waals surface area contributed by atoms with Crippen LogP contribution in [0.4, 0.5) is 0 Å². The maximum atomic E-state index is 11.3. The molecule has 0 radical (unpaired) electrons. The van der Waals surface area contributed by atoms with Crippen molar-refractivity contribution in [1.29, 1.82) is 0 Å². The molecule has 2 fully saturated rings. The summed E-state index contributed by atoms with van der Waals surface area (Å²) in [5, 5.41) is 0. The zero-order valence-electron chi connectivity index (χ0n) is 17.1. The van der Waals surface area contributed by atoms with Crippen LogP contribution < -0.4 is 0 Å². The van der Waals surface area contributed by atoms with Gasteiger partial charge in [0.1, 0.15) is 5.72 Å². The Balaban J connectivity index is 0.000000260. The Bertz CT molecular complexity index is 500. The van der Waals surface area contributed by atoms with E-state index in [4.69, 9.17) is 14.2 Å². The zero-order valence-corrected chi connectivity index (χ0v) is 17.1. The van der Waals surface area contributed by atoms with Gasteiger partial charge >= 0.3 is 11.9 Å². The van der Waals surface area contributed by atoms with Gasteiger partial charge in [0, 0.05) is 19.2 Å². The molecule has 0 bridgehead atoms. The lowest BCUT2D eigenvalue weighted by Gasteiger charge is -2.27. The van der Waals surface area contributed by atoms with Crippen molar-refractivity contribution in [2.45, 2.75) is 64.1 Å². The van der Waals surface area contributed by atoms with Crippen molar-refractivity contribution in [3.05, 3.63) is 0 Å². The summed E-state index contributed by atoms with van der Waals surface area (Å²) in [7, 11) is 8.03. The van der Waals surface area contributed by atoms with Gasteiger partial charge in [-0.1, -0.05) is 0 Å². The van der Waals surface area contributed by atoms with Gasteiger partial charge in [0.05, 0.1) is 14.2 Å². The maximum Gasteiger partial charge on any atom is 0.336 e. The van der Waals surface area contributed by atoms with E-state index in [2.05, 4.69) is 9.47 Å². The third kappa shape index (κ3) is 4.72. The van der Waals surface area contributed by atoms with E-state index in [1.54, 1.807) is 0 Å². The molecule has 152 valence electrons. The molecular formula is C17H32N2O7. The molecule has 26 heavy (non-hydrogen) atoms. The second kappa shape index (κ2) is 9.09. The predicted molar refractivity (Wildman–Crippen MR) is 93.1 cm³/mol. The second-order valence-electron chi connectivity index (χ2n) is 6.89. The summed E-state index contributed by atoms with van der Waals surface area (Å²) in [4.78, 5) is 26.3. The fraction of sp³-hybridized carbons (Fsp3) is 0.882. The average Bonchev–Trinajstić information content (AvgIpc) is 3.02. The van der Waals surface area contributed by atoms with Crippen LogP contribution in [0, 0.1) is 0 Å². The SMILES string of the molecule is COC(=O)C1OC(C)(C)N(C)C1C.COC(=O)C1OC(OC)N(C)C1C. The molecule has 2 aliphatic heterocycles. The van der Waals surface area contributed by atoms with Crippen molar-refractivity contribution >= 4 is 11.9 Å². The molecule has 0 amide bonds. The Morgan fingerprint density at radius 2 is 1.42 bits per heavy atom. The number of rotatable bonds is 3. The largest absolute Gasteiger partial charge is 0.467 e. The minimum Gasteiger partial charge on any atom is -0.467 e. The minimum absolute atomic E-state index is 0.0302. The Labute approximate surface area is 155 Å². The van der Waals surface area contributed by atoms with Crippen LogP contribution in [0.15, 0.2) is 0 Å². The van der Waals surface area contributed by atoms with Gasteiger partial charge in [-0.3, -0.25) is 9.80 Å². The van der Waals surface area contributed by atoms with Crippen molar-refractivity contribution < 1.29 is 33.3 Å². The second-order valence-corrected chi connectivity index (χ2v) is 6.89. The van der Waals surface area contributed by atoms with Crippen molar-refractivity contribution in [1.82, 2.24) is 9.80 Å². The molecule has 9 heteroatoms. The van der Waals surface area contributed by atoms with E-state index in [0.29, 0.717) is 0 Å². The van der Waals surface area contributed by atoms with E-state index >= 15 is 0 Å². The maximum absolute atomic E-state index is 11.3. The Morgan fingerprint density at radius 3 is 1.77 bits per heavy atom. The van der Waals surface area contributed by atoms with Gasteiger partial charge in [0.2, 0.25) is 6.41 Å². The first kappa shape index (κ1) is 22.8. The Morgan fingerprint density at radius 1 is 0.923 bits per heavy atom. The first-order chi connectivity index (χ1) is 12.0. The summed E-state index contributed by atoms with van der Waals surface area (Å²) in [5.74, 6) is -0.663. The smallest absolute Gasteiger partial charge is 0.336 e. The quantitative estimate of drug-likeness (QED) is 0.651. The normalized spacial score (nSPS) is 34.1. The third-order valence-corrected chi connectivity index (χ3v) is 5.06. The summed E-state index contributed by atoms with van der Waals surface area (Å²) >= 11 is 0. The molecule has 2 rings (SSSR count). The van der Waals surface area contributed by atoms with E-state index in [9.17, 15) is 9.59 Å². The van der Waals surface area contributed by atoms with Gasteiger partial charge < -0.3 is 23.7 Å². The van der Waals surface area contributed by atoms with Crippen molar-refractivity contribution in [3.8, 4) is 0 Å². The van der Waals surface area contributed by atoms with E-state index in [0.717, 1.165) is 0 Å². The monoisotopic (exact) mass is 376 g/mol. The highest BCUT2D eigenvalue weighted by Gasteiger charge is 2.46. The van der Waals surface area contributed by atoms with Crippen molar-refractivity contribution in [2.24, 2.45) is 0 Å². The number of carbonyl (C=O) groups excluding carboxylic acids is 2. The molecule has 0 aromatic heterocycles. The predicted octanol–water partition coefficient (Wildman–Crippen LogP) is 0.423. The molecule has 2 aliphatic rings. The minimum atomic E-state index is -0.556. The van der Waals surface area contributed by atoms with Gasteiger partial charge in [0.15, 0.2) is 12.2 Å². The van der Waals surface area contributed by atoms with E-state index < -0.39 is 24.3 Å². The molecule has 0 aromatic carbocycles. The van der Waals surface area contributed by atoms with Crippen molar-refractivity contribution in [2.75, 3.05) is 35.4 Å². The average molecular weight is 376 g/mol. The highest BCUT2D eigenvalue weighted by molar-refractivity contribution is 5.76. The van der Waals surface area contributed by atoms with Crippen LogP contribution >= 0.6 is 0 Å². The highest BCUT2D eigenvalue weighted by Crippen LogP contribution is 2.30. The first-order valence-electron chi connectivity index (χ1n) is 8.48. The van der Waals surface area contributed by atoms with Gasteiger partial charge in [-0.2, -0.15) is 0 Å². The standard InChI is InChI=1S/C9H17NO3.C8H15NO4/c1-6-7(8(11)12-5)13-9(2,3)10(6)4;1-5-6(7(10)11-3)13-8(12-4)9(5)2/h6-7H,1-5H3;5-6,8H,1-4H3. The fourth-order valence-electron chi connectivity index (χ4n) is 2.88. The fourth-order valence-corrected chi connectivity index (χ4v) is 2.88. The number of methoxy groups -OCH3 is 3. The lowest BCUT2D eigenvalue weighted by Crippen LogP contribution is -2.40. The topological polar surface area (TPSA) is 86.8 Å². The lowest BCUT2D eigenvalue weighted by molar-refractivity contribution is -0.182. The molecular weight excluding hydrogens is 344 g/mol. The number of ether oxygens (including phenoxy) is 5. The molecule has 5 unspecified atom stereocenters. The molecule has 0 saturated carbocycles. The van der Waals surface area contributed by atoms with E-state index in [1.807, 2.05) is 51.6 Å². The lowest BCUT2D eigenvalue weighted by atomic mass is 10.2. The summed E-state index contributed by atoms with van der Waals surface area (Å²) in [6.45, 7) is 7.72. The molecule has 0 aliphatic carbocycles. The third-order valence-electron chi connectivity index (χ3n) is 5.06. The van der Waals surface area contributed by atoms with Gasteiger partial charge in [0.25, 0.3) is 0 Å². The van der Waals surface area contributed by atoms with Gasteiger partial charge in [-0.15, -0.1) is 0 Å². The molecule has 2 heterocycles. The number of hydrogen-bond acceptors (Lipinski definition) is 9. The van der Waals surface area contributed by atoms with Crippen LogP contribution in [0.25, 0.3) is 0 Å². The van der Waals surface area contributed by atoms with Crippen LogP contribution in [0.2, 0.25) is 0 Å². The van der Waals surface area contributed by atoms with Crippen LogP contribution in [0.5, 0.6) is 0 Å². The summed E-state index contributed by atoms with van der Waals surface area (Å²) < 4.78 is 25.2. The van der Waals surface area contributed by atoms with Crippen molar-refractivity contribution in [3.63, 3.8) is 0 Å². The summed E-state index contributed by atoms with van der Waals surface area (Å²) in [6.07, 6.45) is -1.48. The van der Waals surface area contributed by atoms with Gasteiger partial charge in [-0.05, 0) is 41.8 Å².